The number of likely N-dealkylation sites (N-methyl/N-ethyl adjacent to an activating group) is 1. The Bertz CT molecular complexity index is 1310. The summed E-state index contributed by atoms with van der Waals surface area (Å²) in [5.41, 5.74) is 1.09. The Balaban J connectivity index is 2.11. The Morgan fingerprint density at radius 1 is 1.00 bits per heavy atom. The smallest absolute Gasteiger partial charge is 0.270 e. The van der Waals surface area contributed by atoms with Crippen molar-refractivity contribution in [2.45, 2.75) is 6.54 Å². The molecule has 0 unspecified atom stereocenters. The lowest BCUT2D eigenvalue weighted by Crippen LogP contribution is -2.28. The quantitative estimate of drug-likeness (QED) is 0.347. The van der Waals surface area contributed by atoms with Gasteiger partial charge in [0.2, 0.25) is 0 Å². The van der Waals surface area contributed by atoms with Crippen LogP contribution in [-0.4, -0.2) is 55.0 Å². The summed E-state index contributed by atoms with van der Waals surface area (Å²) in [6.45, 7) is 0.920. The summed E-state index contributed by atoms with van der Waals surface area (Å²) in [6.07, 6.45) is 0. The lowest BCUT2D eigenvalue weighted by Gasteiger charge is -2.18. The third-order valence-corrected chi connectivity index (χ3v) is 5.49. The van der Waals surface area contributed by atoms with Crippen LogP contribution in [0.4, 0.5) is 5.69 Å². The van der Waals surface area contributed by atoms with Crippen LogP contribution < -0.4 is 15.0 Å². The maximum atomic E-state index is 13.5. The van der Waals surface area contributed by atoms with Gasteiger partial charge >= 0.3 is 0 Å². The molecule has 1 aromatic heterocycles. The second kappa shape index (κ2) is 7.51. The number of hydrogen-bond donors (Lipinski definition) is 0. The van der Waals surface area contributed by atoms with Crippen LogP contribution in [0.5, 0.6) is 11.5 Å². The average Bonchev–Trinajstić information content (AvgIpc) is 3.04. The maximum Gasteiger partial charge on any atom is 0.270 e. The van der Waals surface area contributed by atoms with E-state index in [0.717, 1.165) is 0 Å². The van der Waals surface area contributed by atoms with Gasteiger partial charge < -0.3 is 18.9 Å². The third kappa shape index (κ3) is 3.14. The number of hydrogen-bond acceptors (Lipinski definition) is 7. The molecular formula is C22H21N3O6. The van der Waals surface area contributed by atoms with Crippen LogP contribution in [0.3, 0.4) is 0 Å². The fraction of sp³-hybridized carbons (Fsp3) is 0.273. The van der Waals surface area contributed by atoms with Crippen LogP contribution in [0.15, 0.2) is 35.1 Å². The van der Waals surface area contributed by atoms with Crippen molar-refractivity contribution in [2.24, 2.45) is 0 Å². The van der Waals surface area contributed by atoms with E-state index in [-0.39, 0.29) is 22.6 Å². The number of ketones is 1. The second-order valence-electron chi connectivity index (χ2n) is 7.55. The van der Waals surface area contributed by atoms with E-state index in [1.807, 2.05) is 19.0 Å². The molecule has 160 valence electrons. The van der Waals surface area contributed by atoms with E-state index in [2.05, 4.69) is 0 Å². The molecule has 1 aliphatic carbocycles. The molecule has 31 heavy (non-hydrogen) atoms. The highest BCUT2D eigenvalue weighted by atomic mass is 16.6. The molecule has 0 N–H and O–H groups in total. The monoisotopic (exact) mass is 423 g/mol. The Kier molecular flexibility index (Phi) is 4.98. The molecule has 9 heteroatoms. The number of aromatic nitrogens is 1. The van der Waals surface area contributed by atoms with Crippen LogP contribution >= 0.6 is 0 Å². The predicted molar refractivity (Wildman–Crippen MR) is 115 cm³/mol. The highest BCUT2D eigenvalue weighted by Gasteiger charge is 2.34. The summed E-state index contributed by atoms with van der Waals surface area (Å²) in [4.78, 5) is 39.5. The molecular weight excluding hydrogens is 402 g/mol. The van der Waals surface area contributed by atoms with Crippen molar-refractivity contribution in [3.8, 4) is 22.8 Å². The first-order valence-corrected chi connectivity index (χ1v) is 9.59. The fourth-order valence-corrected chi connectivity index (χ4v) is 3.97. The summed E-state index contributed by atoms with van der Waals surface area (Å²) < 4.78 is 12.3. The standard InChI is InChI=1S/C22H21N3O6/c1-23(2)7-8-24-20-13-6-5-12(25(28)29)9-15(13)21(26)19(20)14-10-17(30-3)18(31-4)11-16(14)22(24)27/h5-6,9-11H,7-8H2,1-4H3. The number of ether oxygens (including phenoxy) is 2. The van der Waals surface area contributed by atoms with Gasteiger partial charge in [-0.2, -0.15) is 0 Å². The molecule has 0 saturated heterocycles. The van der Waals surface area contributed by atoms with Gasteiger partial charge in [0.1, 0.15) is 0 Å². The number of carbonyl (C=O) groups is 1. The molecule has 0 fully saturated rings. The first-order valence-electron chi connectivity index (χ1n) is 9.59. The summed E-state index contributed by atoms with van der Waals surface area (Å²) in [7, 11) is 6.73. The molecule has 9 nitrogen and oxygen atoms in total. The number of fused-ring (bicyclic) bond motifs is 5. The number of non-ortho nitro benzene ring substituents is 1. The van der Waals surface area contributed by atoms with Crippen molar-refractivity contribution in [1.29, 1.82) is 0 Å². The number of nitro groups is 1. The number of pyridine rings is 1. The van der Waals surface area contributed by atoms with Gasteiger partial charge in [0.15, 0.2) is 17.3 Å². The van der Waals surface area contributed by atoms with Gasteiger partial charge in [-0.15, -0.1) is 0 Å². The van der Waals surface area contributed by atoms with Crippen molar-refractivity contribution in [3.05, 3.63) is 61.9 Å². The molecule has 2 aromatic carbocycles. The van der Waals surface area contributed by atoms with Gasteiger partial charge in [-0.25, -0.2) is 0 Å². The van der Waals surface area contributed by atoms with Crippen molar-refractivity contribution >= 4 is 22.2 Å². The first-order chi connectivity index (χ1) is 14.8. The summed E-state index contributed by atoms with van der Waals surface area (Å²) in [5, 5.41) is 12.0. The Morgan fingerprint density at radius 2 is 1.65 bits per heavy atom. The first kappa shape index (κ1) is 20.5. The highest BCUT2D eigenvalue weighted by Crippen LogP contribution is 2.43. The third-order valence-electron chi connectivity index (χ3n) is 5.49. The minimum absolute atomic E-state index is 0.175. The van der Waals surface area contributed by atoms with E-state index >= 15 is 0 Å². The molecule has 4 rings (SSSR count). The summed E-state index contributed by atoms with van der Waals surface area (Å²) in [6, 6.07) is 7.34. The minimum Gasteiger partial charge on any atom is -0.493 e. The van der Waals surface area contributed by atoms with Crippen molar-refractivity contribution in [1.82, 2.24) is 9.47 Å². The topological polar surface area (TPSA) is 104 Å². The van der Waals surface area contributed by atoms with Crippen molar-refractivity contribution in [2.75, 3.05) is 34.9 Å². The number of nitrogens with zero attached hydrogens (tertiary/aromatic N) is 3. The van der Waals surface area contributed by atoms with Crippen LogP contribution in [0.25, 0.3) is 22.0 Å². The molecule has 1 aliphatic rings. The van der Waals surface area contributed by atoms with Crippen molar-refractivity contribution in [3.63, 3.8) is 0 Å². The van der Waals surface area contributed by atoms with E-state index in [4.69, 9.17) is 9.47 Å². The zero-order valence-corrected chi connectivity index (χ0v) is 17.6. The molecule has 1 heterocycles. The predicted octanol–water partition coefficient (Wildman–Crippen LogP) is 2.70. The highest BCUT2D eigenvalue weighted by molar-refractivity contribution is 6.27. The van der Waals surface area contributed by atoms with Gasteiger partial charge in [0.25, 0.3) is 11.2 Å². The lowest BCUT2D eigenvalue weighted by molar-refractivity contribution is -0.384. The zero-order valence-electron chi connectivity index (χ0n) is 17.6. The number of carbonyl (C=O) groups excluding carboxylic acids is 1. The molecule has 0 bridgehead atoms. The van der Waals surface area contributed by atoms with Crippen LogP contribution in [0.2, 0.25) is 0 Å². The van der Waals surface area contributed by atoms with E-state index in [1.165, 1.54) is 32.4 Å². The molecule has 0 amide bonds. The van der Waals surface area contributed by atoms with Crippen LogP contribution in [-0.2, 0) is 6.54 Å². The summed E-state index contributed by atoms with van der Waals surface area (Å²) >= 11 is 0. The average molecular weight is 423 g/mol. The normalized spacial score (nSPS) is 12.2. The molecule has 0 saturated carbocycles. The number of rotatable bonds is 6. The zero-order chi connectivity index (χ0) is 22.4. The molecule has 0 radical (unpaired) electrons. The number of benzene rings is 2. The fourth-order valence-electron chi connectivity index (χ4n) is 3.97. The Labute approximate surface area is 177 Å². The second-order valence-corrected chi connectivity index (χ2v) is 7.55. The van der Waals surface area contributed by atoms with Crippen LogP contribution in [0.1, 0.15) is 15.9 Å². The van der Waals surface area contributed by atoms with E-state index in [9.17, 15) is 19.7 Å². The van der Waals surface area contributed by atoms with Gasteiger partial charge in [-0.05, 0) is 32.3 Å². The number of methoxy groups -OCH3 is 2. The lowest BCUT2D eigenvalue weighted by atomic mass is 10.0. The molecule has 0 atom stereocenters. The molecule has 0 aliphatic heterocycles. The van der Waals surface area contributed by atoms with E-state index < -0.39 is 4.92 Å². The number of nitro benzene ring substituents is 1. The molecule has 3 aromatic rings. The maximum absolute atomic E-state index is 13.5. The Hall–Kier alpha value is -3.72. The van der Waals surface area contributed by atoms with Gasteiger partial charge in [-0.3, -0.25) is 19.7 Å². The van der Waals surface area contributed by atoms with Gasteiger partial charge in [0.05, 0.1) is 35.8 Å². The van der Waals surface area contributed by atoms with Gasteiger partial charge in [-0.1, -0.05) is 0 Å². The summed E-state index contributed by atoms with van der Waals surface area (Å²) in [5.74, 6) is 0.409. The molecule has 0 spiro atoms. The minimum atomic E-state index is -0.540. The van der Waals surface area contributed by atoms with Crippen LogP contribution in [0, 0.1) is 10.1 Å². The van der Waals surface area contributed by atoms with E-state index in [0.29, 0.717) is 52.2 Å². The SMILES string of the molecule is COc1cc2c3c(n(CCN(C)C)c(=O)c2cc1OC)-c1ccc([N+](=O)[O-])cc1C3=O. The Morgan fingerprint density at radius 3 is 2.23 bits per heavy atom. The van der Waals surface area contributed by atoms with Crippen molar-refractivity contribution < 1.29 is 19.2 Å². The van der Waals surface area contributed by atoms with Gasteiger partial charge in [0, 0.05) is 41.7 Å². The largest absolute Gasteiger partial charge is 0.493 e. The van der Waals surface area contributed by atoms with E-state index in [1.54, 1.807) is 16.7 Å².